The van der Waals surface area contributed by atoms with E-state index in [9.17, 15) is 13.2 Å². The van der Waals surface area contributed by atoms with Crippen LogP contribution in [-0.2, 0) is 19.6 Å². The van der Waals surface area contributed by atoms with Crippen molar-refractivity contribution in [3.8, 4) is 16.9 Å². The molecule has 0 amide bonds. The Hall–Kier alpha value is -2.38. The maximum absolute atomic E-state index is 12.8. The number of benzene rings is 2. The van der Waals surface area contributed by atoms with Gasteiger partial charge in [-0.3, -0.25) is 4.79 Å². The van der Waals surface area contributed by atoms with Crippen LogP contribution in [0.3, 0.4) is 0 Å². The summed E-state index contributed by atoms with van der Waals surface area (Å²) < 4.78 is 38.6. The first-order chi connectivity index (χ1) is 13.4. The van der Waals surface area contributed by atoms with Gasteiger partial charge in [0, 0.05) is 0 Å². The molecule has 0 fully saturated rings. The van der Waals surface area contributed by atoms with E-state index in [0.29, 0.717) is 0 Å². The fourth-order valence-electron chi connectivity index (χ4n) is 2.67. The highest BCUT2D eigenvalue weighted by Gasteiger charge is 2.32. The Morgan fingerprint density at radius 2 is 1.41 bits per heavy atom. The number of carbonyl (C=O) groups is 1. The normalized spacial score (nSPS) is 13.2. The summed E-state index contributed by atoms with van der Waals surface area (Å²) >= 11 is 0. The van der Waals surface area contributed by atoms with Crippen LogP contribution in [0.5, 0.6) is 5.75 Å². The number of sulfonamides is 1. The molecule has 0 radical (unpaired) electrons. The molecule has 0 bridgehead atoms. The van der Waals surface area contributed by atoms with Gasteiger partial charge in [-0.15, -0.1) is 0 Å². The maximum atomic E-state index is 12.8. The van der Waals surface area contributed by atoms with Gasteiger partial charge in [0.15, 0.2) is 0 Å². The molecule has 1 N–H and O–H groups in total. The molecule has 6 nitrogen and oxygen atoms in total. The van der Waals surface area contributed by atoms with Crippen molar-refractivity contribution in [1.82, 2.24) is 4.72 Å². The fraction of sp³-hybridized carbons (Fsp3) is 0.409. The number of ether oxygens (including phenoxy) is 2. The molecule has 0 aromatic heterocycles. The second kappa shape index (κ2) is 8.97. The molecule has 2 aromatic rings. The summed E-state index contributed by atoms with van der Waals surface area (Å²) in [7, 11) is -2.29. The molecule has 1 unspecified atom stereocenters. The van der Waals surface area contributed by atoms with E-state index in [-0.39, 0.29) is 10.8 Å². The van der Waals surface area contributed by atoms with Gasteiger partial charge in [0.2, 0.25) is 10.0 Å². The van der Waals surface area contributed by atoms with Crippen LogP contribution in [0, 0.1) is 5.92 Å². The number of carbonyl (C=O) groups excluding carboxylic acids is 1. The van der Waals surface area contributed by atoms with E-state index in [4.69, 9.17) is 9.47 Å². The number of rotatable bonds is 7. The van der Waals surface area contributed by atoms with Gasteiger partial charge in [0.05, 0.1) is 12.0 Å². The van der Waals surface area contributed by atoms with Crippen molar-refractivity contribution in [2.45, 2.75) is 51.2 Å². The summed E-state index contributed by atoms with van der Waals surface area (Å²) in [6, 6.07) is 13.0. The van der Waals surface area contributed by atoms with E-state index in [1.807, 2.05) is 24.3 Å². The standard InChI is InChI=1S/C22H29NO5S/c1-15(2)20(21(24)28-22(3,4)5)23-29(25,26)19-13-9-17(10-14-19)16-7-11-18(27-6)12-8-16/h7-15,20,23H,1-6H3. The topological polar surface area (TPSA) is 81.7 Å². The third-order valence-corrected chi connectivity index (χ3v) is 5.65. The molecule has 0 spiro atoms. The SMILES string of the molecule is COc1ccc(-c2ccc(S(=O)(=O)NC(C(=O)OC(C)(C)C)C(C)C)cc2)cc1. The minimum Gasteiger partial charge on any atom is -0.497 e. The molecule has 0 heterocycles. The lowest BCUT2D eigenvalue weighted by molar-refractivity contribution is -0.158. The van der Waals surface area contributed by atoms with Crippen molar-refractivity contribution in [1.29, 1.82) is 0 Å². The molecule has 29 heavy (non-hydrogen) atoms. The van der Waals surface area contributed by atoms with Gasteiger partial charge in [0.25, 0.3) is 0 Å². The summed E-state index contributed by atoms with van der Waals surface area (Å²) in [4.78, 5) is 12.5. The maximum Gasteiger partial charge on any atom is 0.324 e. The first kappa shape index (κ1) is 22.9. The van der Waals surface area contributed by atoms with Crippen LogP contribution in [0.1, 0.15) is 34.6 Å². The summed E-state index contributed by atoms with van der Waals surface area (Å²) in [5, 5.41) is 0. The molecular formula is C22H29NO5S. The summed E-state index contributed by atoms with van der Waals surface area (Å²) in [5.74, 6) is -0.108. The number of esters is 1. The average molecular weight is 420 g/mol. The zero-order chi connectivity index (χ0) is 21.8. The van der Waals surface area contributed by atoms with Crippen LogP contribution in [0.4, 0.5) is 0 Å². The van der Waals surface area contributed by atoms with Gasteiger partial charge in [0.1, 0.15) is 17.4 Å². The Morgan fingerprint density at radius 1 is 0.931 bits per heavy atom. The Kier molecular flexibility index (Phi) is 7.08. The second-order valence-electron chi connectivity index (χ2n) is 8.13. The minimum atomic E-state index is -3.89. The Balaban J connectivity index is 2.21. The van der Waals surface area contributed by atoms with Crippen molar-refractivity contribution in [2.24, 2.45) is 5.92 Å². The van der Waals surface area contributed by atoms with Gasteiger partial charge in [-0.05, 0) is 62.1 Å². The van der Waals surface area contributed by atoms with Crippen LogP contribution >= 0.6 is 0 Å². The predicted molar refractivity (Wildman–Crippen MR) is 113 cm³/mol. The van der Waals surface area contributed by atoms with Crippen molar-refractivity contribution >= 4 is 16.0 Å². The number of hydrogen-bond donors (Lipinski definition) is 1. The Bertz CT molecular complexity index is 927. The van der Waals surface area contributed by atoms with Gasteiger partial charge in [-0.25, -0.2) is 8.42 Å². The quantitative estimate of drug-likeness (QED) is 0.686. The minimum absolute atomic E-state index is 0.0870. The molecule has 158 valence electrons. The Morgan fingerprint density at radius 3 is 1.83 bits per heavy atom. The lowest BCUT2D eigenvalue weighted by Crippen LogP contribution is -2.47. The summed E-state index contributed by atoms with van der Waals surface area (Å²) in [6.45, 7) is 8.77. The van der Waals surface area contributed by atoms with Gasteiger partial charge >= 0.3 is 5.97 Å². The van der Waals surface area contributed by atoms with Crippen molar-refractivity contribution in [2.75, 3.05) is 7.11 Å². The highest BCUT2D eigenvalue weighted by molar-refractivity contribution is 7.89. The molecule has 7 heteroatoms. The number of nitrogens with one attached hydrogen (secondary N) is 1. The highest BCUT2D eigenvalue weighted by atomic mass is 32.2. The number of methoxy groups -OCH3 is 1. The largest absolute Gasteiger partial charge is 0.497 e. The molecule has 0 saturated carbocycles. The Labute approximate surface area is 173 Å². The molecule has 0 aliphatic heterocycles. The zero-order valence-electron chi connectivity index (χ0n) is 17.7. The van der Waals surface area contributed by atoms with Crippen LogP contribution in [-0.4, -0.2) is 33.1 Å². The van der Waals surface area contributed by atoms with Crippen molar-refractivity contribution < 1.29 is 22.7 Å². The lowest BCUT2D eigenvalue weighted by Gasteiger charge is -2.26. The third kappa shape index (κ3) is 6.30. The lowest BCUT2D eigenvalue weighted by atomic mass is 10.1. The number of hydrogen-bond acceptors (Lipinski definition) is 5. The zero-order valence-corrected chi connectivity index (χ0v) is 18.5. The summed E-state index contributed by atoms with van der Waals surface area (Å²) in [6.07, 6.45) is 0. The van der Waals surface area contributed by atoms with E-state index in [1.54, 1.807) is 53.9 Å². The highest BCUT2D eigenvalue weighted by Crippen LogP contribution is 2.24. The van der Waals surface area contributed by atoms with Crippen molar-refractivity contribution in [3.05, 3.63) is 48.5 Å². The van der Waals surface area contributed by atoms with Crippen LogP contribution in [0.2, 0.25) is 0 Å². The van der Waals surface area contributed by atoms with E-state index in [2.05, 4.69) is 4.72 Å². The van der Waals surface area contributed by atoms with Gasteiger partial charge in [-0.2, -0.15) is 4.72 Å². The van der Waals surface area contributed by atoms with Crippen LogP contribution in [0.15, 0.2) is 53.4 Å². The second-order valence-corrected chi connectivity index (χ2v) is 9.84. The first-order valence-corrected chi connectivity index (χ1v) is 10.9. The first-order valence-electron chi connectivity index (χ1n) is 9.42. The third-order valence-electron chi connectivity index (χ3n) is 4.20. The average Bonchev–Trinajstić information content (AvgIpc) is 2.64. The molecule has 0 aliphatic carbocycles. The molecule has 1 atom stereocenters. The molecule has 0 saturated heterocycles. The fourth-order valence-corrected chi connectivity index (χ4v) is 4.00. The van der Waals surface area contributed by atoms with Gasteiger partial charge in [-0.1, -0.05) is 38.1 Å². The summed E-state index contributed by atoms with van der Waals surface area (Å²) in [5.41, 5.74) is 1.12. The van der Waals surface area contributed by atoms with Crippen LogP contribution < -0.4 is 9.46 Å². The molecule has 2 rings (SSSR count). The molecule has 0 aliphatic rings. The van der Waals surface area contributed by atoms with E-state index < -0.39 is 27.6 Å². The van der Waals surface area contributed by atoms with Crippen LogP contribution in [0.25, 0.3) is 11.1 Å². The van der Waals surface area contributed by atoms with Gasteiger partial charge < -0.3 is 9.47 Å². The predicted octanol–water partition coefficient (Wildman–Crippen LogP) is 4.01. The monoisotopic (exact) mass is 419 g/mol. The van der Waals surface area contributed by atoms with E-state index in [0.717, 1.165) is 16.9 Å². The van der Waals surface area contributed by atoms with E-state index >= 15 is 0 Å². The molecular weight excluding hydrogens is 390 g/mol. The molecule has 2 aromatic carbocycles. The smallest absolute Gasteiger partial charge is 0.324 e. The van der Waals surface area contributed by atoms with E-state index in [1.165, 1.54) is 12.1 Å². The van der Waals surface area contributed by atoms with Crippen molar-refractivity contribution in [3.63, 3.8) is 0 Å².